The fraction of sp³-hybridized carbons (Fsp3) is 0.680. The van der Waals surface area contributed by atoms with Crippen LogP contribution in [0.25, 0.3) is 0 Å². The Morgan fingerprint density at radius 2 is 1.79 bits per heavy atom. The number of benzene rings is 1. The van der Waals surface area contributed by atoms with Crippen molar-refractivity contribution in [1.82, 2.24) is 20.0 Å². The summed E-state index contributed by atoms with van der Waals surface area (Å²) in [5, 5.41) is 14.2. The zero-order valence-electron chi connectivity index (χ0n) is 20.2. The van der Waals surface area contributed by atoms with Crippen molar-refractivity contribution in [3.05, 3.63) is 29.8 Å². The number of hydrogen-bond acceptors (Lipinski definition) is 7. The Labute approximate surface area is 202 Å². The molecule has 0 spiro atoms. The quantitative estimate of drug-likeness (QED) is 0.565. The zero-order valence-corrected chi connectivity index (χ0v) is 20.2. The van der Waals surface area contributed by atoms with Crippen LogP contribution < -0.4 is 10.1 Å². The van der Waals surface area contributed by atoms with Gasteiger partial charge in [0.05, 0.1) is 18.8 Å². The molecule has 2 N–H and O–H groups in total. The molecule has 0 aliphatic carbocycles. The van der Waals surface area contributed by atoms with Gasteiger partial charge in [0.25, 0.3) is 5.91 Å². The van der Waals surface area contributed by atoms with Gasteiger partial charge in [-0.15, -0.1) is 0 Å². The lowest BCUT2D eigenvalue weighted by Crippen LogP contribution is -2.50. The molecule has 3 aliphatic heterocycles. The van der Waals surface area contributed by atoms with Gasteiger partial charge in [-0.2, -0.15) is 0 Å². The number of morpholine rings is 1. The molecule has 0 aromatic heterocycles. The Hall–Kier alpha value is -2.20. The smallest absolute Gasteiger partial charge is 0.260 e. The first-order chi connectivity index (χ1) is 16.4. The third-order valence-electron chi connectivity index (χ3n) is 6.98. The van der Waals surface area contributed by atoms with E-state index in [1.165, 1.54) is 0 Å². The summed E-state index contributed by atoms with van der Waals surface area (Å²) in [7, 11) is 0. The van der Waals surface area contributed by atoms with E-state index in [4.69, 9.17) is 9.47 Å². The molecular weight excluding hydrogens is 436 g/mol. The molecule has 1 aromatic rings. The molecule has 0 unspecified atom stereocenters. The second kappa shape index (κ2) is 11.5. The average Bonchev–Trinajstić information content (AvgIpc) is 3.20. The Morgan fingerprint density at radius 1 is 1.09 bits per heavy atom. The van der Waals surface area contributed by atoms with Crippen LogP contribution in [-0.4, -0.2) is 109 Å². The summed E-state index contributed by atoms with van der Waals surface area (Å²) in [6.45, 7) is 8.82. The van der Waals surface area contributed by atoms with Gasteiger partial charge < -0.3 is 29.7 Å². The van der Waals surface area contributed by atoms with Crippen LogP contribution in [0.4, 0.5) is 0 Å². The van der Waals surface area contributed by atoms with Crippen LogP contribution in [-0.2, 0) is 20.9 Å². The number of amides is 2. The lowest BCUT2D eigenvalue weighted by Gasteiger charge is -2.36. The van der Waals surface area contributed by atoms with Crippen molar-refractivity contribution in [3.63, 3.8) is 0 Å². The Morgan fingerprint density at radius 3 is 2.47 bits per heavy atom. The molecule has 0 saturated carbocycles. The van der Waals surface area contributed by atoms with Crippen LogP contribution in [0, 0.1) is 0 Å². The van der Waals surface area contributed by atoms with Crippen LogP contribution in [0.1, 0.15) is 31.7 Å². The first kappa shape index (κ1) is 24.9. The van der Waals surface area contributed by atoms with Gasteiger partial charge in [-0.05, 0) is 37.0 Å². The molecule has 2 amide bonds. The zero-order chi connectivity index (χ0) is 24.0. The van der Waals surface area contributed by atoms with E-state index in [2.05, 4.69) is 15.1 Å². The standard InChI is InChI=1S/C25H38N4O5/c1-20(30)26-22-6-9-27(10-7-22)18-25(32)8-11-28(19-25)16-21-2-4-23(5-3-21)34-17-24(31)29-12-14-33-15-13-29/h2-5,22,32H,6-19H2,1H3,(H,26,30)/t25-/m1/s1. The number of aliphatic hydroxyl groups is 1. The van der Waals surface area contributed by atoms with Crippen molar-refractivity contribution in [1.29, 1.82) is 0 Å². The summed E-state index contributed by atoms with van der Waals surface area (Å²) >= 11 is 0. The maximum Gasteiger partial charge on any atom is 0.260 e. The van der Waals surface area contributed by atoms with Gasteiger partial charge in [-0.3, -0.25) is 14.5 Å². The second-order valence-corrected chi connectivity index (χ2v) is 9.86. The number of hydrogen-bond donors (Lipinski definition) is 2. The maximum atomic E-state index is 12.2. The highest BCUT2D eigenvalue weighted by Crippen LogP contribution is 2.26. The predicted octanol–water partition coefficient (Wildman–Crippen LogP) is 0.462. The van der Waals surface area contributed by atoms with Gasteiger partial charge in [-0.1, -0.05) is 12.1 Å². The minimum absolute atomic E-state index is 0.0110. The van der Waals surface area contributed by atoms with Gasteiger partial charge >= 0.3 is 0 Å². The first-order valence-corrected chi connectivity index (χ1v) is 12.4. The van der Waals surface area contributed by atoms with Crippen LogP contribution in [0.15, 0.2) is 24.3 Å². The molecule has 9 heteroatoms. The molecule has 0 bridgehead atoms. The second-order valence-electron chi connectivity index (χ2n) is 9.86. The fourth-order valence-corrected chi connectivity index (χ4v) is 5.14. The lowest BCUT2D eigenvalue weighted by atomic mass is 9.99. The number of carbonyl (C=O) groups is 2. The molecule has 3 fully saturated rings. The van der Waals surface area contributed by atoms with Gasteiger partial charge in [0.1, 0.15) is 5.75 Å². The number of nitrogens with one attached hydrogen (secondary N) is 1. The molecule has 188 valence electrons. The van der Waals surface area contributed by atoms with E-state index < -0.39 is 5.60 Å². The van der Waals surface area contributed by atoms with Crippen molar-refractivity contribution in [3.8, 4) is 5.75 Å². The number of rotatable bonds is 8. The van der Waals surface area contributed by atoms with Crippen LogP contribution >= 0.6 is 0 Å². The van der Waals surface area contributed by atoms with Gasteiger partial charge in [0, 0.05) is 65.3 Å². The highest BCUT2D eigenvalue weighted by molar-refractivity contribution is 5.77. The van der Waals surface area contributed by atoms with Crippen LogP contribution in [0.5, 0.6) is 5.75 Å². The summed E-state index contributed by atoms with van der Waals surface area (Å²) < 4.78 is 11.0. The summed E-state index contributed by atoms with van der Waals surface area (Å²) in [6.07, 6.45) is 2.64. The molecule has 1 atom stereocenters. The highest BCUT2D eigenvalue weighted by Gasteiger charge is 2.38. The number of carbonyl (C=O) groups excluding carboxylic acids is 2. The normalized spacial score (nSPS) is 24.8. The Bertz CT molecular complexity index is 821. The van der Waals surface area contributed by atoms with Crippen molar-refractivity contribution < 1.29 is 24.2 Å². The number of β-amino-alcohol motifs (C(OH)–C–C–N with tert-alkyl or cyclic N) is 1. The van der Waals surface area contributed by atoms with E-state index in [-0.39, 0.29) is 24.5 Å². The van der Waals surface area contributed by atoms with E-state index in [1.807, 2.05) is 24.3 Å². The van der Waals surface area contributed by atoms with E-state index in [0.29, 0.717) is 45.1 Å². The van der Waals surface area contributed by atoms with E-state index in [1.54, 1.807) is 11.8 Å². The average molecular weight is 475 g/mol. The lowest BCUT2D eigenvalue weighted by molar-refractivity contribution is -0.137. The summed E-state index contributed by atoms with van der Waals surface area (Å²) in [5.74, 6) is 0.707. The van der Waals surface area contributed by atoms with Gasteiger partial charge in [0.15, 0.2) is 6.61 Å². The summed E-state index contributed by atoms with van der Waals surface area (Å²) in [5.41, 5.74) is 0.469. The monoisotopic (exact) mass is 474 g/mol. The highest BCUT2D eigenvalue weighted by atomic mass is 16.5. The van der Waals surface area contributed by atoms with Crippen molar-refractivity contribution in [2.24, 2.45) is 0 Å². The summed E-state index contributed by atoms with van der Waals surface area (Å²) in [6, 6.07) is 8.12. The molecule has 3 saturated heterocycles. The molecule has 0 radical (unpaired) electrons. The molecule has 1 aromatic carbocycles. The minimum Gasteiger partial charge on any atom is -0.484 e. The topological polar surface area (TPSA) is 94.6 Å². The third kappa shape index (κ3) is 7.15. The summed E-state index contributed by atoms with van der Waals surface area (Å²) in [4.78, 5) is 29.9. The first-order valence-electron chi connectivity index (χ1n) is 12.4. The predicted molar refractivity (Wildman–Crippen MR) is 127 cm³/mol. The molecule has 3 heterocycles. The van der Waals surface area contributed by atoms with E-state index in [0.717, 1.165) is 51.0 Å². The molecule has 34 heavy (non-hydrogen) atoms. The van der Waals surface area contributed by atoms with Crippen molar-refractivity contribution >= 4 is 11.8 Å². The minimum atomic E-state index is -0.691. The fourth-order valence-electron chi connectivity index (χ4n) is 5.14. The Balaban J connectivity index is 1.18. The molecule has 3 aliphatic rings. The third-order valence-corrected chi connectivity index (χ3v) is 6.98. The number of piperidine rings is 1. The number of ether oxygens (including phenoxy) is 2. The van der Waals surface area contributed by atoms with E-state index in [9.17, 15) is 14.7 Å². The number of nitrogens with zero attached hydrogens (tertiary/aromatic N) is 3. The number of likely N-dealkylation sites (tertiary alicyclic amines) is 2. The Kier molecular flexibility index (Phi) is 8.41. The van der Waals surface area contributed by atoms with Crippen molar-refractivity contribution in [2.75, 3.05) is 65.6 Å². The van der Waals surface area contributed by atoms with Crippen LogP contribution in [0.3, 0.4) is 0 Å². The molecule has 9 nitrogen and oxygen atoms in total. The van der Waals surface area contributed by atoms with Crippen LogP contribution in [0.2, 0.25) is 0 Å². The van der Waals surface area contributed by atoms with E-state index >= 15 is 0 Å². The van der Waals surface area contributed by atoms with Crippen molar-refractivity contribution in [2.45, 2.75) is 44.4 Å². The molecule has 4 rings (SSSR count). The maximum absolute atomic E-state index is 12.2. The largest absolute Gasteiger partial charge is 0.484 e. The SMILES string of the molecule is CC(=O)NC1CCN(C[C@]2(O)CCN(Cc3ccc(OCC(=O)N4CCOCC4)cc3)C2)CC1. The van der Waals surface area contributed by atoms with Gasteiger partial charge in [0.2, 0.25) is 5.91 Å². The molecular formula is C25H38N4O5. The van der Waals surface area contributed by atoms with Gasteiger partial charge in [-0.25, -0.2) is 0 Å².